The lowest BCUT2D eigenvalue weighted by Gasteiger charge is -2.26. The Kier molecular flexibility index (Phi) is 8.49. The predicted molar refractivity (Wildman–Crippen MR) is 93.2 cm³/mol. The molecule has 10 heteroatoms. The van der Waals surface area contributed by atoms with E-state index in [1.54, 1.807) is 26.8 Å². The van der Waals surface area contributed by atoms with E-state index in [4.69, 9.17) is 29.5 Å². The number of methoxy groups -OCH3 is 1. The molecule has 3 N–H and O–H groups in total. The first kappa shape index (κ1) is 22.2. The average Bonchev–Trinajstić information content (AvgIpc) is 2.63. The number of hydrogen-bond donors (Lipinski definition) is 2. The van der Waals surface area contributed by atoms with Gasteiger partial charge < -0.3 is 23.7 Å². The Morgan fingerprint density at radius 2 is 1.59 bits per heavy atom. The standard InChI is InChI=1S/C17H24N2O8/c1-5-24-15(21)26-12-8-7-11(9-13(12)27-16(22)25-6-2)10-17(3,19-18)14(20)23-4/h7-9,19H,5-6,10,18H2,1-4H3. The topological polar surface area (TPSA) is 135 Å². The fraction of sp³-hybridized carbons (Fsp3) is 0.471. The Labute approximate surface area is 156 Å². The van der Waals surface area contributed by atoms with Gasteiger partial charge in [-0.15, -0.1) is 0 Å². The molecule has 0 amide bonds. The van der Waals surface area contributed by atoms with E-state index in [-0.39, 0.29) is 31.1 Å². The van der Waals surface area contributed by atoms with Gasteiger partial charge in [0.2, 0.25) is 0 Å². The van der Waals surface area contributed by atoms with Gasteiger partial charge in [-0.05, 0) is 38.5 Å². The van der Waals surface area contributed by atoms with Gasteiger partial charge >= 0.3 is 18.3 Å². The van der Waals surface area contributed by atoms with Gasteiger partial charge in [0.05, 0.1) is 20.3 Å². The van der Waals surface area contributed by atoms with Gasteiger partial charge in [-0.1, -0.05) is 6.07 Å². The SMILES string of the molecule is CCOC(=O)Oc1ccc(CC(C)(NN)C(=O)OC)cc1OC(=O)OCC. The number of nitrogens with one attached hydrogen (secondary N) is 1. The molecule has 10 nitrogen and oxygen atoms in total. The highest BCUT2D eigenvalue weighted by molar-refractivity contribution is 5.80. The highest BCUT2D eigenvalue weighted by Gasteiger charge is 2.33. The molecule has 27 heavy (non-hydrogen) atoms. The molecule has 1 rings (SSSR count). The molecule has 0 bridgehead atoms. The molecule has 0 aliphatic rings. The minimum atomic E-state index is -1.22. The maximum absolute atomic E-state index is 11.9. The molecule has 1 aromatic carbocycles. The third kappa shape index (κ3) is 6.42. The third-order valence-corrected chi connectivity index (χ3v) is 3.43. The second-order valence-electron chi connectivity index (χ2n) is 5.50. The van der Waals surface area contributed by atoms with E-state index in [9.17, 15) is 14.4 Å². The molecular formula is C17H24N2O8. The predicted octanol–water partition coefficient (Wildman–Crippen LogP) is 1.69. The van der Waals surface area contributed by atoms with Crippen LogP contribution in [0.2, 0.25) is 0 Å². The number of carbonyl (C=O) groups excluding carboxylic acids is 3. The van der Waals surface area contributed by atoms with Crippen LogP contribution in [0, 0.1) is 0 Å². The summed E-state index contributed by atoms with van der Waals surface area (Å²) in [5.41, 5.74) is 1.74. The first-order valence-electron chi connectivity index (χ1n) is 8.17. The molecular weight excluding hydrogens is 360 g/mol. The van der Waals surface area contributed by atoms with E-state index in [1.807, 2.05) is 0 Å². The van der Waals surface area contributed by atoms with Crippen LogP contribution in [0.4, 0.5) is 9.59 Å². The van der Waals surface area contributed by atoms with Crippen LogP contribution in [-0.2, 0) is 25.4 Å². The number of hydrazine groups is 1. The number of rotatable bonds is 8. The van der Waals surface area contributed by atoms with Crippen LogP contribution in [0.3, 0.4) is 0 Å². The number of hydrogen-bond acceptors (Lipinski definition) is 10. The summed E-state index contributed by atoms with van der Waals surface area (Å²) < 4.78 is 24.3. The van der Waals surface area contributed by atoms with Crippen LogP contribution >= 0.6 is 0 Å². The number of carbonyl (C=O) groups is 3. The minimum absolute atomic E-state index is 0.0502. The maximum Gasteiger partial charge on any atom is 0.513 e. The lowest BCUT2D eigenvalue weighted by atomic mass is 9.93. The quantitative estimate of drug-likeness (QED) is 0.224. The Bertz CT molecular complexity index is 679. The molecule has 0 heterocycles. The van der Waals surface area contributed by atoms with Crippen molar-refractivity contribution in [2.45, 2.75) is 32.7 Å². The zero-order valence-corrected chi connectivity index (χ0v) is 15.7. The van der Waals surface area contributed by atoms with Gasteiger partial charge in [0.25, 0.3) is 0 Å². The molecule has 0 aromatic heterocycles. The van der Waals surface area contributed by atoms with E-state index < -0.39 is 23.8 Å². The van der Waals surface area contributed by atoms with Crippen molar-refractivity contribution in [1.82, 2.24) is 5.43 Å². The number of nitrogens with two attached hydrogens (primary N) is 1. The zero-order valence-electron chi connectivity index (χ0n) is 15.7. The third-order valence-electron chi connectivity index (χ3n) is 3.43. The molecule has 1 unspecified atom stereocenters. The fourth-order valence-electron chi connectivity index (χ4n) is 2.12. The molecule has 0 spiro atoms. The molecule has 1 aromatic rings. The largest absolute Gasteiger partial charge is 0.513 e. The first-order chi connectivity index (χ1) is 12.8. The summed E-state index contributed by atoms with van der Waals surface area (Å²) in [5, 5.41) is 0. The van der Waals surface area contributed by atoms with E-state index >= 15 is 0 Å². The van der Waals surface area contributed by atoms with Gasteiger partial charge in [-0.3, -0.25) is 10.6 Å². The van der Waals surface area contributed by atoms with Crippen molar-refractivity contribution in [3.63, 3.8) is 0 Å². The van der Waals surface area contributed by atoms with Crippen LogP contribution in [0.15, 0.2) is 18.2 Å². The van der Waals surface area contributed by atoms with Gasteiger partial charge in [0, 0.05) is 6.42 Å². The molecule has 0 aliphatic heterocycles. The molecule has 0 aliphatic carbocycles. The van der Waals surface area contributed by atoms with E-state index in [0.29, 0.717) is 5.56 Å². The minimum Gasteiger partial charge on any atom is -0.468 e. The van der Waals surface area contributed by atoms with Gasteiger partial charge in [0.15, 0.2) is 11.5 Å². The van der Waals surface area contributed by atoms with Gasteiger partial charge in [-0.2, -0.15) is 0 Å². The van der Waals surface area contributed by atoms with Crippen molar-refractivity contribution in [3.05, 3.63) is 23.8 Å². The van der Waals surface area contributed by atoms with Crippen LogP contribution in [0.1, 0.15) is 26.3 Å². The maximum atomic E-state index is 11.9. The molecule has 0 saturated heterocycles. The highest BCUT2D eigenvalue weighted by Crippen LogP contribution is 2.31. The number of ether oxygens (including phenoxy) is 5. The number of esters is 1. The number of benzene rings is 1. The van der Waals surface area contributed by atoms with Gasteiger partial charge in [0.1, 0.15) is 5.54 Å². The molecule has 150 valence electrons. The summed E-state index contributed by atoms with van der Waals surface area (Å²) >= 11 is 0. The van der Waals surface area contributed by atoms with Crippen LogP contribution in [0.25, 0.3) is 0 Å². The fourth-order valence-corrected chi connectivity index (χ4v) is 2.12. The molecule has 0 radical (unpaired) electrons. The summed E-state index contributed by atoms with van der Waals surface area (Å²) in [7, 11) is 1.24. The summed E-state index contributed by atoms with van der Waals surface area (Å²) in [6.45, 7) is 5.00. The van der Waals surface area contributed by atoms with Crippen molar-refractivity contribution in [2.24, 2.45) is 5.84 Å². The second-order valence-corrected chi connectivity index (χ2v) is 5.50. The van der Waals surface area contributed by atoms with Crippen LogP contribution < -0.4 is 20.7 Å². The monoisotopic (exact) mass is 384 g/mol. The van der Waals surface area contributed by atoms with Crippen LogP contribution in [-0.4, -0.2) is 44.1 Å². The smallest absolute Gasteiger partial charge is 0.468 e. The Hall–Kier alpha value is -2.85. The van der Waals surface area contributed by atoms with Gasteiger partial charge in [-0.25, -0.2) is 15.0 Å². The highest BCUT2D eigenvalue weighted by atomic mass is 16.7. The average molecular weight is 384 g/mol. The lowest BCUT2D eigenvalue weighted by Crippen LogP contribution is -2.55. The Balaban J connectivity index is 3.15. The lowest BCUT2D eigenvalue weighted by molar-refractivity contribution is -0.147. The van der Waals surface area contributed by atoms with Crippen molar-refractivity contribution in [2.75, 3.05) is 20.3 Å². The van der Waals surface area contributed by atoms with Crippen molar-refractivity contribution < 1.29 is 38.1 Å². The zero-order chi connectivity index (χ0) is 20.4. The Morgan fingerprint density at radius 3 is 2.07 bits per heavy atom. The Morgan fingerprint density at radius 1 is 1.04 bits per heavy atom. The van der Waals surface area contributed by atoms with Crippen molar-refractivity contribution >= 4 is 18.3 Å². The normalized spacial score (nSPS) is 12.5. The summed E-state index contributed by atoms with van der Waals surface area (Å²) in [6, 6.07) is 4.39. The van der Waals surface area contributed by atoms with E-state index in [1.165, 1.54) is 19.2 Å². The summed E-state index contributed by atoms with van der Waals surface area (Å²) in [4.78, 5) is 35.2. The molecule has 0 saturated carbocycles. The van der Waals surface area contributed by atoms with E-state index in [2.05, 4.69) is 5.43 Å². The first-order valence-corrected chi connectivity index (χ1v) is 8.17. The summed E-state index contributed by atoms with van der Waals surface area (Å²) in [6.07, 6.45) is -1.83. The van der Waals surface area contributed by atoms with E-state index in [0.717, 1.165) is 0 Å². The molecule has 0 fully saturated rings. The van der Waals surface area contributed by atoms with Crippen LogP contribution in [0.5, 0.6) is 11.5 Å². The van der Waals surface area contributed by atoms with Crippen molar-refractivity contribution in [3.8, 4) is 11.5 Å². The summed E-state index contributed by atoms with van der Waals surface area (Å²) in [5.74, 6) is 4.77. The molecule has 1 atom stereocenters. The van der Waals surface area contributed by atoms with Crippen molar-refractivity contribution in [1.29, 1.82) is 0 Å². The second kappa shape index (κ2) is 10.3.